The molecule has 0 aliphatic carbocycles. The van der Waals surface area contributed by atoms with Gasteiger partial charge in [-0.05, 0) is 23.3 Å². The number of nitrogens with one attached hydrogen (secondary N) is 1. The first-order chi connectivity index (χ1) is 14.1. The van der Waals surface area contributed by atoms with Crippen molar-refractivity contribution in [3.63, 3.8) is 0 Å². The standard InChI is InChI=1S/C23H22F2N2O2/c24-23(25)29-21-14-8-7-13-20(21)26-22(28)17-27(15-18-9-3-1-4-10-18)16-19-11-5-2-6-12-19/h1-14,23H,15-17H2,(H,26,28). The van der Waals surface area contributed by atoms with Gasteiger partial charge in [-0.25, -0.2) is 0 Å². The van der Waals surface area contributed by atoms with Crippen molar-refractivity contribution in [3.8, 4) is 5.75 Å². The molecule has 3 rings (SSSR count). The van der Waals surface area contributed by atoms with E-state index in [1.807, 2.05) is 65.6 Å². The topological polar surface area (TPSA) is 41.6 Å². The summed E-state index contributed by atoms with van der Waals surface area (Å²) < 4.78 is 29.7. The number of ether oxygens (including phenoxy) is 1. The van der Waals surface area contributed by atoms with Crippen molar-refractivity contribution in [2.45, 2.75) is 19.7 Å². The van der Waals surface area contributed by atoms with Crippen LogP contribution in [-0.2, 0) is 17.9 Å². The van der Waals surface area contributed by atoms with E-state index in [0.717, 1.165) is 11.1 Å². The predicted octanol–water partition coefficient (Wildman–Crippen LogP) is 4.93. The maximum absolute atomic E-state index is 12.6. The maximum Gasteiger partial charge on any atom is 0.387 e. The minimum Gasteiger partial charge on any atom is -0.433 e. The Morgan fingerprint density at radius 3 is 1.90 bits per heavy atom. The fourth-order valence-electron chi connectivity index (χ4n) is 3.01. The zero-order valence-electron chi connectivity index (χ0n) is 15.8. The van der Waals surface area contributed by atoms with Gasteiger partial charge in [0.1, 0.15) is 5.75 Å². The lowest BCUT2D eigenvalue weighted by molar-refractivity contribution is -0.117. The molecular formula is C23H22F2N2O2. The summed E-state index contributed by atoms with van der Waals surface area (Å²) in [5, 5.41) is 2.68. The molecule has 0 bridgehead atoms. The predicted molar refractivity (Wildman–Crippen MR) is 109 cm³/mol. The van der Waals surface area contributed by atoms with Gasteiger partial charge in [-0.2, -0.15) is 8.78 Å². The van der Waals surface area contributed by atoms with Crippen LogP contribution in [0.1, 0.15) is 11.1 Å². The van der Waals surface area contributed by atoms with Gasteiger partial charge in [-0.3, -0.25) is 9.69 Å². The fraction of sp³-hybridized carbons (Fsp3) is 0.174. The largest absolute Gasteiger partial charge is 0.433 e. The van der Waals surface area contributed by atoms with Gasteiger partial charge in [0.25, 0.3) is 0 Å². The third-order valence-corrected chi connectivity index (χ3v) is 4.24. The van der Waals surface area contributed by atoms with E-state index in [4.69, 9.17) is 0 Å². The van der Waals surface area contributed by atoms with Crippen molar-refractivity contribution in [2.75, 3.05) is 11.9 Å². The summed E-state index contributed by atoms with van der Waals surface area (Å²) in [6.45, 7) is -1.69. The SMILES string of the molecule is O=C(CN(Cc1ccccc1)Cc1ccccc1)Nc1ccccc1OC(F)F. The Bertz CT molecular complexity index is 864. The monoisotopic (exact) mass is 396 g/mol. The highest BCUT2D eigenvalue weighted by atomic mass is 19.3. The van der Waals surface area contributed by atoms with Gasteiger partial charge in [-0.1, -0.05) is 72.8 Å². The normalized spacial score (nSPS) is 10.9. The quantitative estimate of drug-likeness (QED) is 0.558. The minimum atomic E-state index is -2.96. The Hall–Kier alpha value is -3.25. The van der Waals surface area contributed by atoms with E-state index in [-0.39, 0.29) is 23.9 Å². The average Bonchev–Trinajstić information content (AvgIpc) is 2.70. The molecular weight excluding hydrogens is 374 g/mol. The molecule has 3 aromatic carbocycles. The van der Waals surface area contributed by atoms with Crippen molar-refractivity contribution in [3.05, 3.63) is 96.1 Å². The van der Waals surface area contributed by atoms with E-state index in [2.05, 4.69) is 10.1 Å². The van der Waals surface area contributed by atoms with Gasteiger partial charge < -0.3 is 10.1 Å². The van der Waals surface area contributed by atoms with E-state index < -0.39 is 6.61 Å². The molecule has 0 unspecified atom stereocenters. The number of hydrogen-bond donors (Lipinski definition) is 1. The lowest BCUT2D eigenvalue weighted by Gasteiger charge is -2.22. The molecule has 4 nitrogen and oxygen atoms in total. The lowest BCUT2D eigenvalue weighted by Crippen LogP contribution is -2.32. The number of benzene rings is 3. The molecule has 0 saturated carbocycles. The number of nitrogens with zero attached hydrogens (tertiary/aromatic N) is 1. The van der Waals surface area contributed by atoms with E-state index in [1.165, 1.54) is 12.1 Å². The fourth-order valence-corrected chi connectivity index (χ4v) is 3.01. The number of carbonyl (C=O) groups excluding carboxylic acids is 1. The average molecular weight is 396 g/mol. The van der Waals surface area contributed by atoms with E-state index >= 15 is 0 Å². The molecule has 0 radical (unpaired) electrons. The Morgan fingerprint density at radius 1 is 0.828 bits per heavy atom. The molecule has 0 saturated heterocycles. The zero-order chi connectivity index (χ0) is 20.5. The highest BCUT2D eigenvalue weighted by Crippen LogP contribution is 2.25. The summed E-state index contributed by atoms with van der Waals surface area (Å²) in [5.41, 5.74) is 2.38. The molecule has 0 spiro atoms. The van der Waals surface area contributed by atoms with E-state index in [0.29, 0.717) is 13.1 Å². The molecule has 29 heavy (non-hydrogen) atoms. The van der Waals surface area contributed by atoms with Gasteiger partial charge in [-0.15, -0.1) is 0 Å². The van der Waals surface area contributed by atoms with Crippen LogP contribution in [0.4, 0.5) is 14.5 Å². The summed E-state index contributed by atoms with van der Waals surface area (Å²) in [6, 6.07) is 25.9. The van der Waals surface area contributed by atoms with Crippen LogP contribution in [0.3, 0.4) is 0 Å². The Labute approximate surface area is 168 Å². The number of alkyl halides is 2. The number of anilines is 1. The van der Waals surface area contributed by atoms with Crippen LogP contribution in [0.15, 0.2) is 84.9 Å². The molecule has 0 aliphatic rings. The van der Waals surface area contributed by atoms with Gasteiger partial charge in [0.2, 0.25) is 5.91 Å². The lowest BCUT2D eigenvalue weighted by atomic mass is 10.1. The first-order valence-electron chi connectivity index (χ1n) is 9.24. The second kappa shape index (κ2) is 10.3. The summed E-state index contributed by atoms with van der Waals surface area (Å²) in [7, 11) is 0. The number of para-hydroxylation sites is 2. The first kappa shape index (κ1) is 20.5. The third-order valence-electron chi connectivity index (χ3n) is 4.24. The minimum absolute atomic E-state index is 0.0616. The second-order valence-corrected chi connectivity index (χ2v) is 6.54. The summed E-state index contributed by atoms with van der Waals surface area (Å²) in [5.74, 6) is -0.365. The van der Waals surface area contributed by atoms with E-state index in [1.54, 1.807) is 12.1 Å². The number of amides is 1. The van der Waals surface area contributed by atoms with Gasteiger partial charge in [0.05, 0.1) is 12.2 Å². The Kier molecular flexibility index (Phi) is 7.30. The van der Waals surface area contributed by atoms with Crippen molar-refractivity contribution >= 4 is 11.6 Å². The number of carbonyl (C=O) groups is 1. The number of halogens is 2. The highest BCUT2D eigenvalue weighted by Gasteiger charge is 2.15. The van der Waals surface area contributed by atoms with Crippen molar-refractivity contribution < 1.29 is 18.3 Å². The summed E-state index contributed by atoms with van der Waals surface area (Å²) in [6.07, 6.45) is 0. The Balaban J connectivity index is 1.70. The molecule has 150 valence electrons. The van der Waals surface area contributed by atoms with Crippen molar-refractivity contribution in [2.24, 2.45) is 0 Å². The van der Waals surface area contributed by atoms with Gasteiger partial charge in [0.15, 0.2) is 0 Å². The van der Waals surface area contributed by atoms with Crippen molar-refractivity contribution in [1.29, 1.82) is 0 Å². The molecule has 0 fully saturated rings. The maximum atomic E-state index is 12.6. The molecule has 1 amide bonds. The van der Waals surface area contributed by atoms with Crippen LogP contribution in [-0.4, -0.2) is 24.0 Å². The molecule has 0 aliphatic heterocycles. The van der Waals surface area contributed by atoms with E-state index in [9.17, 15) is 13.6 Å². The van der Waals surface area contributed by atoms with Crippen LogP contribution < -0.4 is 10.1 Å². The smallest absolute Gasteiger partial charge is 0.387 e. The Morgan fingerprint density at radius 2 is 1.34 bits per heavy atom. The molecule has 0 aromatic heterocycles. The van der Waals surface area contributed by atoms with Crippen LogP contribution >= 0.6 is 0 Å². The van der Waals surface area contributed by atoms with Crippen LogP contribution in [0, 0.1) is 0 Å². The third kappa shape index (κ3) is 6.69. The molecule has 6 heteroatoms. The summed E-state index contributed by atoms with van der Waals surface area (Å²) >= 11 is 0. The number of hydrogen-bond acceptors (Lipinski definition) is 3. The van der Waals surface area contributed by atoms with Gasteiger partial charge >= 0.3 is 6.61 Å². The summed E-state index contributed by atoms with van der Waals surface area (Å²) in [4.78, 5) is 14.6. The second-order valence-electron chi connectivity index (χ2n) is 6.54. The number of rotatable bonds is 9. The van der Waals surface area contributed by atoms with Crippen LogP contribution in [0.25, 0.3) is 0 Å². The molecule has 1 N–H and O–H groups in total. The molecule has 0 atom stereocenters. The van der Waals surface area contributed by atoms with Crippen LogP contribution in [0.2, 0.25) is 0 Å². The first-order valence-corrected chi connectivity index (χ1v) is 9.24. The van der Waals surface area contributed by atoms with Crippen molar-refractivity contribution in [1.82, 2.24) is 4.90 Å². The molecule has 3 aromatic rings. The van der Waals surface area contributed by atoms with Gasteiger partial charge in [0, 0.05) is 13.1 Å². The van der Waals surface area contributed by atoms with Crippen LogP contribution in [0.5, 0.6) is 5.75 Å². The highest BCUT2D eigenvalue weighted by molar-refractivity contribution is 5.93. The molecule has 0 heterocycles. The zero-order valence-corrected chi connectivity index (χ0v) is 15.8.